The van der Waals surface area contributed by atoms with Crippen LogP contribution >= 0.6 is 0 Å². The Labute approximate surface area is 161 Å². The molecule has 0 aromatic heterocycles. The van der Waals surface area contributed by atoms with Crippen LogP contribution in [0.4, 0.5) is 5.69 Å². The van der Waals surface area contributed by atoms with Crippen molar-refractivity contribution < 1.29 is 19.2 Å². The van der Waals surface area contributed by atoms with Gasteiger partial charge in [0.1, 0.15) is 6.61 Å². The number of esters is 1. The van der Waals surface area contributed by atoms with E-state index in [-0.39, 0.29) is 31.0 Å². The minimum Gasteiger partial charge on any atom is -0.461 e. The van der Waals surface area contributed by atoms with Gasteiger partial charge in [-0.2, -0.15) is 5.10 Å². The van der Waals surface area contributed by atoms with E-state index >= 15 is 0 Å². The maximum absolute atomic E-state index is 12.2. The van der Waals surface area contributed by atoms with E-state index in [1.807, 2.05) is 30.3 Å². The number of hydrogen-bond donors (Lipinski definition) is 0. The molecule has 3 rings (SSSR count). The highest BCUT2D eigenvalue weighted by molar-refractivity contribution is 6.02. The summed E-state index contributed by atoms with van der Waals surface area (Å²) >= 11 is 0. The second-order valence-corrected chi connectivity index (χ2v) is 6.26. The predicted molar refractivity (Wildman–Crippen MR) is 101 cm³/mol. The molecule has 8 heteroatoms. The highest BCUT2D eigenvalue weighted by Gasteiger charge is 2.22. The Morgan fingerprint density at radius 2 is 1.79 bits per heavy atom. The highest BCUT2D eigenvalue weighted by atomic mass is 16.6. The molecular formula is C20H19N3O5. The maximum Gasteiger partial charge on any atom is 0.306 e. The molecule has 8 nitrogen and oxygen atoms in total. The maximum atomic E-state index is 12.2. The second kappa shape index (κ2) is 8.90. The van der Waals surface area contributed by atoms with Crippen LogP contribution in [-0.2, 0) is 20.9 Å². The number of nitrogens with zero attached hydrogens (tertiary/aromatic N) is 3. The van der Waals surface area contributed by atoms with Gasteiger partial charge in [-0.05, 0) is 23.3 Å². The Hall–Kier alpha value is -3.55. The minimum absolute atomic E-state index is 0.00500. The summed E-state index contributed by atoms with van der Waals surface area (Å²) in [4.78, 5) is 34.2. The Morgan fingerprint density at radius 1 is 1.07 bits per heavy atom. The zero-order valence-corrected chi connectivity index (χ0v) is 15.1. The van der Waals surface area contributed by atoms with Gasteiger partial charge in [0, 0.05) is 25.0 Å². The molecule has 0 saturated carbocycles. The fraction of sp³-hybridized carbons (Fsp3) is 0.250. The lowest BCUT2D eigenvalue weighted by molar-refractivity contribution is -0.384. The van der Waals surface area contributed by atoms with E-state index in [9.17, 15) is 19.7 Å². The van der Waals surface area contributed by atoms with Crippen molar-refractivity contribution in [3.05, 3.63) is 75.8 Å². The summed E-state index contributed by atoms with van der Waals surface area (Å²) < 4.78 is 5.12. The Bertz CT molecular complexity index is 894. The SMILES string of the molecule is O=C(CCC(=O)N1CCC(c2ccccc2)=N1)OCc1ccc([N+](=O)[O-])cc1. The molecule has 1 amide bonds. The lowest BCUT2D eigenvalue weighted by atomic mass is 10.1. The van der Waals surface area contributed by atoms with Crippen molar-refractivity contribution in [3.63, 3.8) is 0 Å². The zero-order valence-electron chi connectivity index (χ0n) is 15.1. The molecule has 1 aliphatic rings. The van der Waals surface area contributed by atoms with Crippen molar-refractivity contribution >= 4 is 23.3 Å². The summed E-state index contributed by atoms with van der Waals surface area (Å²) in [6.45, 7) is 0.506. The first-order valence-electron chi connectivity index (χ1n) is 8.85. The molecule has 0 N–H and O–H groups in total. The second-order valence-electron chi connectivity index (χ2n) is 6.26. The molecule has 0 bridgehead atoms. The molecule has 28 heavy (non-hydrogen) atoms. The Balaban J connectivity index is 1.44. The van der Waals surface area contributed by atoms with E-state index in [2.05, 4.69) is 5.10 Å². The van der Waals surface area contributed by atoms with Crippen LogP contribution in [0.15, 0.2) is 59.7 Å². The van der Waals surface area contributed by atoms with E-state index in [0.717, 1.165) is 11.3 Å². The van der Waals surface area contributed by atoms with Gasteiger partial charge in [-0.15, -0.1) is 0 Å². The smallest absolute Gasteiger partial charge is 0.306 e. The third kappa shape index (κ3) is 5.00. The molecule has 0 fully saturated rings. The van der Waals surface area contributed by atoms with Crippen molar-refractivity contribution in [1.82, 2.24) is 5.01 Å². The van der Waals surface area contributed by atoms with Gasteiger partial charge >= 0.3 is 5.97 Å². The average molecular weight is 381 g/mol. The van der Waals surface area contributed by atoms with Crippen molar-refractivity contribution in [2.45, 2.75) is 25.9 Å². The number of non-ortho nitro benzene ring substituents is 1. The summed E-state index contributed by atoms with van der Waals surface area (Å²) in [5.41, 5.74) is 2.46. The van der Waals surface area contributed by atoms with Crippen LogP contribution in [0.2, 0.25) is 0 Å². The molecule has 0 unspecified atom stereocenters. The van der Waals surface area contributed by atoms with Gasteiger partial charge in [0.2, 0.25) is 5.91 Å². The number of nitro groups is 1. The third-order valence-electron chi connectivity index (χ3n) is 4.29. The first-order valence-corrected chi connectivity index (χ1v) is 8.85. The van der Waals surface area contributed by atoms with E-state index in [1.54, 1.807) is 0 Å². The quantitative estimate of drug-likeness (QED) is 0.417. The van der Waals surface area contributed by atoms with Crippen LogP contribution in [-0.4, -0.2) is 34.1 Å². The number of nitro benzene ring substituents is 1. The number of carbonyl (C=O) groups is 2. The Kier molecular flexibility index (Phi) is 6.11. The topological polar surface area (TPSA) is 102 Å². The van der Waals surface area contributed by atoms with Crippen LogP contribution in [0.1, 0.15) is 30.4 Å². The van der Waals surface area contributed by atoms with Crippen LogP contribution in [0.5, 0.6) is 0 Å². The Morgan fingerprint density at radius 3 is 2.46 bits per heavy atom. The molecule has 0 spiro atoms. The minimum atomic E-state index is -0.502. The molecule has 0 atom stereocenters. The summed E-state index contributed by atoms with van der Waals surface area (Å²) in [6.07, 6.45) is 0.656. The van der Waals surface area contributed by atoms with Crippen LogP contribution in [0, 0.1) is 10.1 Å². The van der Waals surface area contributed by atoms with E-state index < -0.39 is 10.9 Å². The lowest BCUT2D eigenvalue weighted by Crippen LogP contribution is -2.24. The number of amides is 1. The van der Waals surface area contributed by atoms with E-state index in [0.29, 0.717) is 18.5 Å². The molecule has 0 saturated heterocycles. The van der Waals surface area contributed by atoms with Gasteiger partial charge in [0.25, 0.3) is 5.69 Å². The van der Waals surface area contributed by atoms with Crippen molar-refractivity contribution in [3.8, 4) is 0 Å². The molecule has 0 aliphatic carbocycles. The summed E-state index contributed by atoms with van der Waals surface area (Å²) in [5, 5.41) is 16.4. The van der Waals surface area contributed by atoms with Crippen molar-refractivity contribution in [2.75, 3.05) is 6.54 Å². The normalized spacial score (nSPS) is 13.1. The highest BCUT2D eigenvalue weighted by Crippen LogP contribution is 2.16. The average Bonchev–Trinajstić information content (AvgIpc) is 3.22. The number of rotatable bonds is 7. The molecule has 1 heterocycles. The van der Waals surface area contributed by atoms with Crippen molar-refractivity contribution in [1.29, 1.82) is 0 Å². The predicted octanol–water partition coefficient (Wildman–Crippen LogP) is 3.05. The molecule has 144 valence electrons. The molecule has 1 aliphatic heterocycles. The van der Waals surface area contributed by atoms with Gasteiger partial charge in [-0.25, -0.2) is 5.01 Å². The van der Waals surface area contributed by atoms with Gasteiger partial charge in [-0.3, -0.25) is 19.7 Å². The fourth-order valence-corrected chi connectivity index (χ4v) is 2.76. The first-order chi connectivity index (χ1) is 13.5. The third-order valence-corrected chi connectivity index (χ3v) is 4.29. The van der Waals surface area contributed by atoms with E-state index in [1.165, 1.54) is 29.3 Å². The number of hydrazone groups is 1. The monoisotopic (exact) mass is 381 g/mol. The summed E-state index contributed by atoms with van der Waals surface area (Å²) in [7, 11) is 0. The van der Waals surface area contributed by atoms with Gasteiger partial charge in [0.05, 0.1) is 23.6 Å². The first kappa shape index (κ1) is 19.2. The number of carbonyl (C=O) groups excluding carboxylic acids is 2. The summed E-state index contributed by atoms with van der Waals surface area (Å²) in [6, 6.07) is 15.4. The number of benzene rings is 2. The van der Waals surface area contributed by atoms with Crippen LogP contribution in [0.3, 0.4) is 0 Å². The van der Waals surface area contributed by atoms with Gasteiger partial charge in [0.15, 0.2) is 0 Å². The zero-order chi connectivity index (χ0) is 19.9. The summed E-state index contributed by atoms with van der Waals surface area (Å²) in [5.74, 6) is -0.726. The van der Waals surface area contributed by atoms with Crippen molar-refractivity contribution in [2.24, 2.45) is 5.10 Å². The number of hydrogen-bond acceptors (Lipinski definition) is 6. The van der Waals surface area contributed by atoms with Crippen LogP contribution < -0.4 is 0 Å². The molecule has 2 aromatic rings. The van der Waals surface area contributed by atoms with Gasteiger partial charge in [-0.1, -0.05) is 30.3 Å². The number of ether oxygens (including phenoxy) is 1. The standard InChI is InChI=1S/C20H19N3O5/c24-19(22-13-12-18(21-22)16-4-2-1-3-5-16)10-11-20(25)28-14-15-6-8-17(9-7-15)23(26)27/h1-9H,10-14H2. The molecule has 2 aromatic carbocycles. The molecule has 0 radical (unpaired) electrons. The molecular weight excluding hydrogens is 362 g/mol. The lowest BCUT2D eigenvalue weighted by Gasteiger charge is -2.11. The van der Waals surface area contributed by atoms with Crippen LogP contribution in [0.25, 0.3) is 0 Å². The largest absolute Gasteiger partial charge is 0.461 e. The fourth-order valence-electron chi connectivity index (χ4n) is 2.76. The van der Waals surface area contributed by atoms with Gasteiger partial charge < -0.3 is 4.74 Å². The van der Waals surface area contributed by atoms with E-state index in [4.69, 9.17) is 4.74 Å².